The number of hydrogen-bond donors (Lipinski definition) is 1. The summed E-state index contributed by atoms with van der Waals surface area (Å²) in [5, 5.41) is 4.58. The van der Waals surface area contributed by atoms with Gasteiger partial charge in [0.15, 0.2) is 0 Å². The highest BCUT2D eigenvalue weighted by atomic mass is 16.1. The minimum absolute atomic E-state index is 0.138. The van der Waals surface area contributed by atoms with Crippen molar-refractivity contribution in [3.8, 4) is 11.3 Å². The van der Waals surface area contributed by atoms with E-state index in [0.29, 0.717) is 6.54 Å². The molecule has 0 spiro atoms. The second-order valence-corrected chi connectivity index (χ2v) is 5.58. The molecule has 0 aliphatic rings. The van der Waals surface area contributed by atoms with E-state index in [4.69, 9.17) is 5.73 Å². The Morgan fingerprint density at radius 3 is 2.12 bits per heavy atom. The number of benzene rings is 2. The zero-order valence-electron chi connectivity index (χ0n) is 15.0. The van der Waals surface area contributed by atoms with E-state index in [1.807, 2.05) is 81.4 Å². The van der Waals surface area contributed by atoms with Crippen molar-refractivity contribution in [1.29, 1.82) is 0 Å². The lowest BCUT2D eigenvalue weighted by Gasteiger charge is -2.14. The third-order valence-electron chi connectivity index (χ3n) is 3.74. The number of aromatic nitrogens is 2. The molecular weight excluding hydrogens is 310 g/mol. The Balaban J connectivity index is 0.00000109. The van der Waals surface area contributed by atoms with Crippen LogP contribution in [0.25, 0.3) is 11.3 Å². The van der Waals surface area contributed by atoms with E-state index >= 15 is 0 Å². The van der Waals surface area contributed by atoms with Crippen molar-refractivity contribution in [2.24, 2.45) is 5.73 Å². The van der Waals surface area contributed by atoms with Gasteiger partial charge in [0.05, 0.1) is 12.2 Å². The maximum Gasteiger partial charge on any atom is 0.267 e. The van der Waals surface area contributed by atoms with Gasteiger partial charge in [-0.05, 0) is 12.5 Å². The first-order chi connectivity index (χ1) is 12.1. The van der Waals surface area contributed by atoms with Crippen molar-refractivity contribution in [2.45, 2.75) is 33.4 Å². The molecule has 4 nitrogen and oxygen atoms in total. The lowest BCUT2D eigenvalue weighted by Crippen LogP contribution is -2.26. The molecule has 0 saturated heterocycles. The van der Waals surface area contributed by atoms with Crippen LogP contribution in [0.15, 0.2) is 71.5 Å². The summed E-state index contributed by atoms with van der Waals surface area (Å²) >= 11 is 0. The molecule has 0 bridgehead atoms. The average Bonchev–Trinajstić information content (AvgIpc) is 2.66. The third-order valence-corrected chi connectivity index (χ3v) is 3.74. The fraction of sp³-hybridized carbons (Fsp3) is 0.238. The fourth-order valence-corrected chi connectivity index (χ4v) is 2.54. The molecule has 0 aliphatic carbocycles. The van der Waals surface area contributed by atoms with Gasteiger partial charge in [-0.2, -0.15) is 5.10 Å². The summed E-state index contributed by atoms with van der Waals surface area (Å²) in [7, 11) is 0. The van der Waals surface area contributed by atoms with Crippen molar-refractivity contribution < 1.29 is 0 Å². The topological polar surface area (TPSA) is 60.9 Å². The van der Waals surface area contributed by atoms with Crippen LogP contribution in [-0.2, 0) is 6.54 Å². The van der Waals surface area contributed by atoms with Crippen LogP contribution >= 0.6 is 0 Å². The van der Waals surface area contributed by atoms with Crippen LogP contribution < -0.4 is 11.3 Å². The lowest BCUT2D eigenvalue weighted by molar-refractivity contribution is 0.631. The predicted octanol–water partition coefficient (Wildman–Crippen LogP) is 4.00. The van der Waals surface area contributed by atoms with Crippen LogP contribution in [-0.4, -0.2) is 9.78 Å². The van der Waals surface area contributed by atoms with Crippen LogP contribution in [0.1, 0.15) is 37.9 Å². The Hall–Kier alpha value is -2.72. The highest BCUT2D eigenvalue weighted by molar-refractivity contribution is 5.62. The van der Waals surface area contributed by atoms with Crippen molar-refractivity contribution in [1.82, 2.24) is 9.78 Å². The van der Waals surface area contributed by atoms with Crippen LogP contribution in [0.3, 0.4) is 0 Å². The van der Waals surface area contributed by atoms with Gasteiger partial charge in [0.1, 0.15) is 0 Å². The summed E-state index contributed by atoms with van der Waals surface area (Å²) < 4.78 is 1.49. The van der Waals surface area contributed by atoms with Gasteiger partial charge >= 0.3 is 0 Å². The van der Waals surface area contributed by atoms with Gasteiger partial charge < -0.3 is 5.73 Å². The van der Waals surface area contributed by atoms with Gasteiger partial charge in [-0.1, -0.05) is 74.5 Å². The predicted molar refractivity (Wildman–Crippen MR) is 103 cm³/mol. The number of nitrogens with zero attached hydrogens (tertiary/aromatic N) is 2. The Morgan fingerprint density at radius 1 is 1.00 bits per heavy atom. The maximum atomic E-state index is 12.4. The molecular formula is C21H25N3O. The summed E-state index contributed by atoms with van der Waals surface area (Å²) in [6.07, 6.45) is 0. The van der Waals surface area contributed by atoms with Crippen molar-refractivity contribution >= 4 is 0 Å². The summed E-state index contributed by atoms with van der Waals surface area (Å²) in [6.45, 7) is 6.31. The fourth-order valence-electron chi connectivity index (χ4n) is 2.54. The summed E-state index contributed by atoms with van der Waals surface area (Å²) in [5.41, 5.74) is 9.42. The van der Waals surface area contributed by atoms with E-state index in [-0.39, 0.29) is 11.6 Å². The number of rotatable bonds is 4. The summed E-state index contributed by atoms with van der Waals surface area (Å²) in [6, 6.07) is 21.0. The van der Waals surface area contributed by atoms with Gasteiger partial charge in [0, 0.05) is 23.2 Å². The average molecular weight is 335 g/mol. The molecule has 1 unspecified atom stereocenters. The molecule has 0 amide bonds. The SMILES string of the molecule is CC.CC(N)c1cc(=O)n(Cc2ccccc2)nc1-c1ccccc1. The molecule has 3 rings (SSSR count). The van der Waals surface area contributed by atoms with E-state index in [9.17, 15) is 4.79 Å². The molecule has 0 radical (unpaired) electrons. The quantitative estimate of drug-likeness (QED) is 0.784. The summed E-state index contributed by atoms with van der Waals surface area (Å²) in [4.78, 5) is 12.4. The molecule has 2 aromatic carbocycles. The molecule has 1 aromatic heterocycles. The molecule has 0 saturated carbocycles. The van der Waals surface area contributed by atoms with E-state index in [2.05, 4.69) is 5.10 Å². The number of nitrogens with two attached hydrogens (primary N) is 1. The zero-order chi connectivity index (χ0) is 18.2. The Morgan fingerprint density at radius 2 is 1.56 bits per heavy atom. The van der Waals surface area contributed by atoms with Crippen LogP contribution in [0.5, 0.6) is 0 Å². The van der Waals surface area contributed by atoms with E-state index in [1.165, 1.54) is 4.68 Å². The van der Waals surface area contributed by atoms with Crippen molar-refractivity contribution in [2.75, 3.05) is 0 Å². The highest BCUT2D eigenvalue weighted by Gasteiger charge is 2.14. The molecule has 1 atom stereocenters. The molecule has 2 N–H and O–H groups in total. The minimum atomic E-state index is -0.253. The van der Waals surface area contributed by atoms with Gasteiger partial charge in [0.2, 0.25) is 0 Å². The number of hydrogen-bond acceptors (Lipinski definition) is 3. The summed E-state index contributed by atoms with van der Waals surface area (Å²) in [5.74, 6) is 0. The first-order valence-corrected chi connectivity index (χ1v) is 8.62. The Bertz CT molecular complexity index is 840. The largest absolute Gasteiger partial charge is 0.324 e. The standard InChI is InChI=1S/C19H19N3O.C2H6/c1-14(20)17-12-18(23)22(13-15-8-4-2-5-9-15)21-19(17)16-10-6-3-7-11-16;1-2/h2-12,14H,13,20H2,1H3;1-2H3. The normalized spacial score (nSPS) is 11.4. The zero-order valence-corrected chi connectivity index (χ0v) is 15.0. The Kier molecular flexibility index (Phi) is 6.66. The second-order valence-electron chi connectivity index (χ2n) is 5.58. The van der Waals surface area contributed by atoms with Crippen LogP contribution in [0, 0.1) is 0 Å². The highest BCUT2D eigenvalue weighted by Crippen LogP contribution is 2.23. The molecule has 1 heterocycles. The van der Waals surface area contributed by atoms with E-state index < -0.39 is 0 Å². The van der Waals surface area contributed by atoms with Gasteiger partial charge in [-0.15, -0.1) is 0 Å². The first kappa shape index (κ1) is 18.6. The van der Waals surface area contributed by atoms with Crippen molar-refractivity contribution in [3.63, 3.8) is 0 Å². The van der Waals surface area contributed by atoms with E-state index in [1.54, 1.807) is 6.07 Å². The third kappa shape index (κ3) is 4.64. The molecule has 25 heavy (non-hydrogen) atoms. The first-order valence-electron chi connectivity index (χ1n) is 8.62. The Labute approximate surface area is 148 Å². The van der Waals surface area contributed by atoms with Gasteiger partial charge in [-0.3, -0.25) is 4.79 Å². The van der Waals surface area contributed by atoms with Gasteiger partial charge in [0.25, 0.3) is 5.56 Å². The monoisotopic (exact) mass is 335 g/mol. The molecule has 3 aromatic rings. The minimum Gasteiger partial charge on any atom is -0.324 e. The van der Waals surface area contributed by atoms with Crippen LogP contribution in [0.2, 0.25) is 0 Å². The molecule has 0 aliphatic heterocycles. The molecule has 0 fully saturated rings. The van der Waals surface area contributed by atoms with Gasteiger partial charge in [-0.25, -0.2) is 4.68 Å². The molecule has 4 heteroatoms. The van der Waals surface area contributed by atoms with Crippen LogP contribution in [0.4, 0.5) is 0 Å². The lowest BCUT2D eigenvalue weighted by atomic mass is 10.0. The maximum absolute atomic E-state index is 12.4. The second kappa shape index (κ2) is 8.94. The van der Waals surface area contributed by atoms with E-state index in [0.717, 1.165) is 22.4 Å². The molecule has 130 valence electrons. The smallest absolute Gasteiger partial charge is 0.267 e. The van der Waals surface area contributed by atoms with Crippen molar-refractivity contribution in [3.05, 3.63) is 88.2 Å².